The van der Waals surface area contributed by atoms with Crippen LogP contribution in [0, 0.1) is 0 Å². The van der Waals surface area contributed by atoms with Gasteiger partial charge in [0, 0.05) is 13.0 Å². The van der Waals surface area contributed by atoms with E-state index < -0.39 is 0 Å². The number of nitrogens with two attached hydrogens (primary N) is 1. The highest BCUT2D eigenvalue weighted by Gasteiger charge is 2.10. The van der Waals surface area contributed by atoms with Crippen LogP contribution in [0.3, 0.4) is 0 Å². The van der Waals surface area contributed by atoms with Gasteiger partial charge in [-0.25, -0.2) is 0 Å². The Kier molecular flexibility index (Phi) is 9.27. The standard InChI is InChI=1S/C15H24N2O.ClH/c1-3-13-5-7-14(8-6-13)12(2)11-15(18)17-10-4-9-16;/h5-8,12H,3-4,9-11,16H2,1-2H3,(H,17,18);1H. The first-order chi connectivity index (χ1) is 8.67. The Morgan fingerprint density at radius 3 is 2.47 bits per heavy atom. The quantitative estimate of drug-likeness (QED) is 0.756. The van der Waals surface area contributed by atoms with Gasteiger partial charge in [0.05, 0.1) is 0 Å². The molecule has 1 amide bonds. The Balaban J connectivity index is 0.00000324. The van der Waals surface area contributed by atoms with Gasteiger partial charge in [0.25, 0.3) is 0 Å². The molecule has 1 aromatic carbocycles. The second kappa shape index (κ2) is 9.82. The molecule has 0 radical (unpaired) electrons. The molecule has 1 rings (SSSR count). The summed E-state index contributed by atoms with van der Waals surface area (Å²) in [7, 11) is 0. The van der Waals surface area contributed by atoms with Gasteiger partial charge in [-0.1, -0.05) is 38.1 Å². The Morgan fingerprint density at radius 2 is 1.95 bits per heavy atom. The molecule has 108 valence electrons. The molecule has 0 saturated carbocycles. The maximum absolute atomic E-state index is 11.7. The maximum atomic E-state index is 11.7. The van der Waals surface area contributed by atoms with Crippen LogP contribution in [0.2, 0.25) is 0 Å². The Labute approximate surface area is 122 Å². The number of nitrogens with one attached hydrogen (secondary N) is 1. The van der Waals surface area contributed by atoms with Crippen molar-refractivity contribution in [3.63, 3.8) is 0 Å². The lowest BCUT2D eigenvalue weighted by atomic mass is 9.96. The molecule has 19 heavy (non-hydrogen) atoms. The molecule has 3 N–H and O–H groups in total. The number of hydrogen-bond acceptors (Lipinski definition) is 2. The van der Waals surface area contributed by atoms with Crippen molar-refractivity contribution in [2.45, 2.75) is 39.0 Å². The van der Waals surface area contributed by atoms with Gasteiger partial charge in [0.1, 0.15) is 0 Å². The number of rotatable bonds is 7. The minimum absolute atomic E-state index is 0. The van der Waals surface area contributed by atoms with E-state index in [-0.39, 0.29) is 24.2 Å². The third-order valence-corrected chi connectivity index (χ3v) is 3.15. The number of amides is 1. The number of aryl methyl sites for hydroxylation is 1. The van der Waals surface area contributed by atoms with Crippen molar-refractivity contribution in [3.05, 3.63) is 35.4 Å². The molecule has 4 heteroatoms. The van der Waals surface area contributed by atoms with Gasteiger partial charge in [0.2, 0.25) is 5.91 Å². The van der Waals surface area contributed by atoms with Crippen LogP contribution >= 0.6 is 12.4 Å². The topological polar surface area (TPSA) is 55.1 Å². The lowest BCUT2D eigenvalue weighted by Crippen LogP contribution is -2.26. The van der Waals surface area contributed by atoms with Crippen molar-refractivity contribution in [2.75, 3.05) is 13.1 Å². The fourth-order valence-electron chi connectivity index (χ4n) is 1.88. The van der Waals surface area contributed by atoms with Gasteiger partial charge >= 0.3 is 0 Å². The van der Waals surface area contributed by atoms with Crippen molar-refractivity contribution in [3.8, 4) is 0 Å². The van der Waals surface area contributed by atoms with Gasteiger partial charge in [-0.15, -0.1) is 12.4 Å². The van der Waals surface area contributed by atoms with Crippen molar-refractivity contribution in [1.82, 2.24) is 5.32 Å². The second-order valence-electron chi connectivity index (χ2n) is 4.69. The lowest BCUT2D eigenvalue weighted by molar-refractivity contribution is -0.121. The third-order valence-electron chi connectivity index (χ3n) is 3.15. The predicted molar refractivity (Wildman–Crippen MR) is 82.8 cm³/mol. The maximum Gasteiger partial charge on any atom is 0.220 e. The summed E-state index contributed by atoms with van der Waals surface area (Å²) < 4.78 is 0. The SMILES string of the molecule is CCc1ccc(C(C)CC(=O)NCCCN)cc1.Cl. The normalized spacial score (nSPS) is 11.5. The predicted octanol–water partition coefficient (Wildman–Crippen LogP) is 2.63. The summed E-state index contributed by atoms with van der Waals surface area (Å²) in [5.74, 6) is 0.365. The molecular formula is C15H25ClN2O. The van der Waals surface area contributed by atoms with E-state index in [9.17, 15) is 4.79 Å². The average molecular weight is 285 g/mol. The molecular weight excluding hydrogens is 260 g/mol. The summed E-state index contributed by atoms with van der Waals surface area (Å²) in [4.78, 5) is 11.7. The number of carbonyl (C=O) groups excluding carboxylic acids is 1. The Morgan fingerprint density at radius 1 is 1.32 bits per heavy atom. The highest BCUT2D eigenvalue weighted by atomic mass is 35.5. The van der Waals surface area contributed by atoms with E-state index in [4.69, 9.17) is 5.73 Å². The van der Waals surface area contributed by atoms with Crippen LogP contribution in [0.15, 0.2) is 24.3 Å². The van der Waals surface area contributed by atoms with E-state index in [1.54, 1.807) is 0 Å². The molecule has 1 unspecified atom stereocenters. The minimum atomic E-state index is 0. The number of benzene rings is 1. The fourth-order valence-corrected chi connectivity index (χ4v) is 1.88. The van der Waals surface area contributed by atoms with Crippen LogP contribution in [-0.4, -0.2) is 19.0 Å². The van der Waals surface area contributed by atoms with Gasteiger partial charge in [-0.2, -0.15) is 0 Å². The lowest BCUT2D eigenvalue weighted by Gasteiger charge is -2.12. The van der Waals surface area contributed by atoms with Crippen LogP contribution in [0.25, 0.3) is 0 Å². The minimum Gasteiger partial charge on any atom is -0.356 e. The molecule has 0 heterocycles. The van der Waals surface area contributed by atoms with Crippen LogP contribution in [-0.2, 0) is 11.2 Å². The molecule has 0 aromatic heterocycles. The first kappa shape index (κ1) is 17.9. The van der Waals surface area contributed by atoms with Gasteiger partial charge in [-0.05, 0) is 36.4 Å². The second-order valence-corrected chi connectivity index (χ2v) is 4.69. The summed E-state index contributed by atoms with van der Waals surface area (Å²) >= 11 is 0. The van der Waals surface area contributed by atoms with Crippen LogP contribution < -0.4 is 11.1 Å². The summed E-state index contributed by atoms with van der Waals surface area (Å²) in [6.07, 6.45) is 2.43. The van der Waals surface area contributed by atoms with Gasteiger partial charge in [-0.3, -0.25) is 4.79 Å². The molecule has 0 spiro atoms. The van der Waals surface area contributed by atoms with E-state index in [1.807, 2.05) is 0 Å². The van der Waals surface area contributed by atoms with Gasteiger partial charge < -0.3 is 11.1 Å². The van der Waals surface area contributed by atoms with Gasteiger partial charge in [0.15, 0.2) is 0 Å². The molecule has 1 atom stereocenters. The Hall–Kier alpha value is -1.06. The molecule has 0 aliphatic rings. The molecule has 1 aromatic rings. The zero-order valence-electron chi connectivity index (χ0n) is 11.8. The number of halogens is 1. The van der Waals surface area contributed by atoms with E-state index in [0.29, 0.717) is 19.5 Å². The van der Waals surface area contributed by atoms with Crippen LogP contribution in [0.4, 0.5) is 0 Å². The smallest absolute Gasteiger partial charge is 0.220 e. The molecule has 0 aliphatic carbocycles. The summed E-state index contributed by atoms with van der Waals surface area (Å²) in [5, 5.41) is 2.89. The number of carbonyl (C=O) groups is 1. The summed E-state index contributed by atoms with van der Waals surface area (Å²) in [6, 6.07) is 8.52. The van der Waals surface area contributed by atoms with E-state index in [1.165, 1.54) is 11.1 Å². The largest absolute Gasteiger partial charge is 0.356 e. The number of hydrogen-bond donors (Lipinski definition) is 2. The monoisotopic (exact) mass is 284 g/mol. The molecule has 0 saturated heterocycles. The highest BCUT2D eigenvalue weighted by Crippen LogP contribution is 2.19. The molecule has 0 fully saturated rings. The van der Waals surface area contributed by atoms with Crippen LogP contribution in [0.1, 0.15) is 43.7 Å². The summed E-state index contributed by atoms with van der Waals surface area (Å²) in [6.45, 7) is 5.53. The van der Waals surface area contributed by atoms with E-state index in [2.05, 4.69) is 43.4 Å². The van der Waals surface area contributed by atoms with E-state index in [0.717, 1.165) is 12.8 Å². The summed E-state index contributed by atoms with van der Waals surface area (Å²) in [5.41, 5.74) is 7.94. The molecule has 3 nitrogen and oxygen atoms in total. The zero-order valence-corrected chi connectivity index (χ0v) is 12.6. The molecule has 0 aliphatic heterocycles. The molecule has 0 bridgehead atoms. The van der Waals surface area contributed by atoms with Crippen molar-refractivity contribution in [2.24, 2.45) is 5.73 Å². The highest BCUT2D eigenvalue weighted by molar-refractivity contribution is 5.85. The fraction of sp³-hybridized carbons (Fsp3) is 0.533. The van der Waals surface area contributed by atoms with Crippen molar-refractivity contribution < 1.29 is 4.79 Å². The Bertz CT molecular complexity index is 365. The zero-order chi connectivity index (χ0) is 13.4. The third kappa shape index (κ3) is 6.60. The average Bonchev–Trinajstić information content (AvgIpc) is 2.39. The van der Waals surface area contributed by atoms with Crippen LogP contribution in [0.5, 0.6) is 0 Å². The van der Waals surface area contributed by atoms with E-state index >= 15 is 0 Å². The first-order valence-electron chi connectivity index (χ1n) is 6.73. The van der Waals surface area contributed by atoms with Crippen molar-refractivity contribution in [1.29, 1.82) is 0 Å². The first-order valence-corrected chi connectivity index (χ1v) is 6.73. The van der Waals surface area contributed by atoms with Crippen molar-refractivity contribution >= 4 is 18.3 Å².